The van der Waals surface area contributed by atoms with E-state index in [4.69, 9.17) is 0 Å². The Morgan fingerprint density at radius 2 is 1.52 bits per heavy atom. The lowest BCUT2D eigenvalue weighted by molar-refractivity contribution is 0.102. The van der Waals surface area contributed by atoms with Gasteiger partial charge < -0.3 is 5.32 Å². The smallest absolute Gasteiger partial charge is 0.255 e. The molecule has 3 aromatic rings. The molecule has 0 aromatic heterocycles. The van der Waals surface area contributed by atoms with Crippen molar-refractivity contribution in [2.75, 3.05) is 5.32 Å². The largest absolute Gasteiger partial charge is 0.322 e. The highest BCUT2D eigenvalue weighted by Crippen LogP contribution is 2.18. The van der Waals surface area contributed by atoms with Gasteiger partial charge in [-0.05, 0) is 42.3 Å². The van der Waals surface area contributed by atoms with Crippen molar-refractivity contribution in [3.63, 3.8) is 0 Å². The molecule has 6 heteroatoms. The van der Waals surface area contributed by atoms with Crippen LogP contribution in [0.25, 0.3) is 0 Å². The van der Waals surface area contributed by atoms with Gasteiger partial charge in [-0.25, -0.2) is 13.1 Å². The molecule has 0 saturated carbocycles. The fourth-order valence-electron chi connectivity index (χ4n) is 2.59. The van der Waals surface area contributed by atoms with Gasteiger partial charge in [-0.2, -0.15) is 0 Å². The van der Waals surface area contributed by atoms with E-state index >= 15 is 0 Å². The molecular formula is C21H20N2O3S. The quantitative estimate of drug-likeness (QED) is 0.684. The lowest BCUT2D eigenvalue weighted by Gasteiger charge is -2.11. The van der Waals surface area contributed by atoms with E-state index in [1.807, 2.05) is 48.5 Å². The molecule has 27 heavy (non-hydrogen) atoms. The number of anilines is 1. The van der Waals surface area contributed by atoms with E-state index in [0.717, 1.165) is 5.56 Å². The maximum Gasteiger partial charge on any atom is 0.255 e. The highest BCUT2D eigenvalue weighted by molar-refractivity contribution is 7.89. The van der Waals surface area contributed by atoms with Crippen molar-refractivity contribution in [2.24, 2.45) is 0 Å². The summed E-state index contributed by atoms with van der Waals surface area (Å²) in [6.07, 6.45) is 0. The van der Waals surface area contributed by atoms with E-state index in [2.05, 4.69) is 10.0 Å². The van der Waals surface area contributed by atoms with E-state index in [-0.39, 0.29) is 17.3 Å². The molecule has 0 bridgehead atoms. The first kappa shape index (κ1) is 18.8. The molecule has 2 N–H and O–H groups in total. The summed E-state index contributed by atoms with van der Waals surface area (Å²) in [4.78, 5) is 12.6. The first-order valence-corrected chi connectivity index (χ1v) is 9.95. The van der Waals surface area contributed by atoms with Gasteiger partial charge in [0.1, 0.15) is 0 Å². The number of aryl methyl sites for hydroxylation is 1. The number of hydrogen-bond acceptors (Lipinski definition) is 3. The number of amides is 1. The molecule has 0 unspecified atom stereocenters. The summed E-state index contributed by atoms with van der Waals surface area (Å²) >= 11 is 0. The number of carbonyl (C=O) groups excluding carboxylic acids is 1. The Balaban J connectivity index is 1.80. The first-order valence-electron chi connectivity index (χ1n) is 8.46. The first-order chi connectivity index (χ1) is 13.0. The normalized spacial score (nSPS) is 11.1. The van der Waals surface area contributed by atoms with E-state index in [1.165, 1.54) is 12.1 Å². The number of rotatable bonds is 6. The molecule has 0 aliphatic heterocycles. The van der Waals surface area contributed by atoms with Crippen LogP contribution in [0.15, 0.2) is 83.8 Å². The van der Waals surface area contributed by atoms with E-state index in [9.17, 15) is 13.2 Å². The van der Waals surface area contributed by atoms with Crippen LogP contribution in [0.3, 0.4) is 0 Å². The van der Waals surface area contributed by atoms with Gasteiger partial charge in [-0.3, -0.25) is 4.79 Å². The van der Waals surface area contributed by atoms with Crippen LogP contribution < -0.4 is 10.0 Å². The molecule has 0 fully saturated rings. The van der Waals surface area contributed by atoms with Gasteiger partial charge in [0.05, 0.1) is 4.90 Å². The molecule has 0 spiro atoms. The minimum atomic E-state index is -3.73. The lowest BCUT2D eigenvalue weighted by atomic mass is 10.1. The maximum atomic E-state index is 12.6. The van der Waals surface area contributed by atoms with Crippen LogP contribution >= 0.6 is 0 Å². The number of para-hydroxylation sites is 1. The van der Waals surface area contributed by atoms with Crippen LogP contribution in [0.4, 0.5) is 5.69 Å². The van der Waals surface area contributed by atoms with Crippen LogP contribution in [0.5, 0.6) is 0 Å². The molecule has 0 saturated heterocycles. The second kappa shape index (κ2) is 8.16. The Labute approximate surface area is 159 Å². The third kappa shape index (κ3) is 4.81. The summed E-state index contributed by atoms with van der Waals surface area (Å²) in [5.41, 5.74) is 2.53. The van der Waals surface area contributed by atoms with E-state index in [0.29, 0.717) is 16.8 Å². The zero-order valence-corrected chi connectivity index (χ0v) is 15.7. The van der Waals surface area contributed by atoms with Crippen molar-refractivity contribution in [2.45, 2.75) is 18.4 Å². The van der Waals surface area contributed by atoms with Crippen molar-refractivity contribution < 1.29 is 13.2 Å². The second-order valence-corrected chi connectivity index (χ2v) is 7.87. The molecule has 1 amide bonds. The van der Waals surface area contributed by atoms with Crippen molar-refractivity contribution in [3.05, 3.63) is 95.6 Å². The Hall–Kier alpha value is -2.96. The predicted octanol–water partition coefficient (Wildman–Crippen LogP) is 3.73. The maximum absolute atomic E-state index is 12.6. The highest BCUT2D eigenvalue weighted by Gasteiger charge is 2.18. The third-order valence-corrected chi connectivity index (χ3v) is 5.50. The average molecular weight is 380 g/mol. The Morgan fingerprint density at radius 1 is 0.889 bits per heavy atom. The van der Waals surface area contributed by atoms with Crippen LogP contribution in [-0.2, 0) is 16.6 Å². The Kier molecular flexibility index (Phi) is 5.69. The van der Waals surface area contributed by atoms with Gasteiger partial charge in [-0.1, -0.05) is 54.6 Å². The van der Waals surface area contributed by atoms with Gasteiger partial charge in [-0.15, -0.1) is 0 Å². The van der Waals surface area contributed by atoms with E-state index in [1.54, 1.807) is 25.1 Å². The molecule has 0 aliphatic rings. The molecule has 0 radical (unpaired) electrons. The van der Waals surface area contributed by atoms with Crippen LogP contribution in [0.2, 0.25) is 0 Å². The standard InChI is InChI=1S/C21H20N2O3S/c1-16-12-13-19(27(25,26)22-15-17-8-4-2-5-9-17)14-20(16)21(24)23-18-10-6-3-7-11-18/h2-14,22H,15H2,1H3,(H,23,24). The molecule has 0 atom stereocenters. The van der Waals surface area contributed by atoms with Gasteiger partial charge in [0.25, 0.3) is 5.91 Å². The molecule has 0 aliphatic carbocycles. The number of sulfonamides is 1. The minimum Gasteiger partial charge on any atom is -0.322 e. The summed E-state index contributed by atoms with van der Waals surface area (Å²) in [5, 5.41) is 2.78. The minimum absolute atomic E-state index is 0.0576. The van der Waals surface area contributed by atoms with Crippen LogP contribution in [0, 0.1) is 6.92 Å². The molecule has 3 aromatic carbocycles. The molecule has 5 nitrogen and oxygen atoms in total. The number of nitrogens with one attached hydrogen (secondary N) is 2. The topological polar surface area (TPSA) is 75.3 Å². The average Bonchev–Trinajstić information content (AvgIpc) is 2.68. The second-order valence-electron chi connectivity index (χ2n) is 6.11. The van der Waals surface area contributed by atoms with Gasteiger partial charge in [0, 0.05) is 17.8 Å². The molecule has 0 heterocycles. The Bertz CT molecular complexity index is 1030. The number of carbonyl (C=O) groups is 1. The van der Waals surface area contributed by atoms with Crippen LogP contribution in [-0.4, -0.2) is 14.3 Å². The lowest BCUT2D eigenvalue weighted by Crippen LogP contribution is -2.24. The monoisotopic (exact) mass is 380 g/mol. The zero-order valence-electron chi connectivity index (χ0n) is 14.8. The summed E-state index contributed by atoms with van der Waals surface area (Å²) in [5.74, 6) is -0.348. The van der Waals surface area contributed by atoms with Crippen molar-refractivity contribution in [1.29, 1.82) is 0 Å². The van der Waals surface area contributed by atoms with Crippen LogP contribution in [0.1, 0.15) is 21.5 Å². The van der Waals surface area contributed by atoms with Gasteiger partial charge >= 0.3 is 0 Å². The summed E-state index contributed by atoms with van der Waals surface area (Å²) in [6, 6.07) is 22.8. The van der Waals surface area contributed by atoms with E-state index < -0.39 is 10.0 Å². The SMILES string of the molecule is Cc1ccc(S(=O)(=O)NCc2ccccc2)cc1C(=O)Nc1ccccc1. The zero-order chi connectivity index (χ0) is 19.3. The van der Waals surface area contributed by atoms with Gasteiger partial charge in [0.15, 0.2) is 0 Å². The summed E-state index contributed by atoms with van der Waals surface area (Å²) in [7, 11) is -3.73. The molecular weight excluding hydrogens is 360 g/mol. The summed E-state index contributed by atoms with van der Waals surface area (Å²) < 4.78 is 27.8. The highest BCUT2D eigenvalue weighted by atomic mass is 32.2. The van der Waals surface area contributed by atoms with Gasteiger partial charge in [0.2, 0.25) is 10.0 Å². The summed E-state index contributed by atoms with van der Waals surface area (Å²) in [6.45, 7) is 1.95. The van der Waals surface area contributed by atoms with Crippen molar-refractivity contribution in [1.82, 2.24) is 4.72 Å². The predicted molar refractivity (Wildman–Crippen MR) is 106 cm³/mol. The van der Waals surface area contributed by atoms with Crippen molar-refractivity contribution in [3.8, 4) is 0 Å². The fourth-order valence-corrected chi connectivity index (χ4v) is 3.63. The number of hydrogen-bond donors (Lipinski definition) is 2. The molecule has 138 valence electrons. The Morgan fingerprint density at radius 3 is 2.19 bits per heavy atom. The molecule has 3 rings (SSSR count). The fraction of sp³-hybridized carbons (Fsp3) is 0.0952. The third-order valence-electron chi connectivity index (χ3n) is 4.10. The van der Waals surface area contributed by atoms with Crippen molar-refractivity contribution >= 4 is 21.6 Å². The number of benzene rings is 3.